The minimum absolute atomic E-state index is 0.0163. The van der Waals surface area contributed by atoms with Gasteiger partial charge in [-0.3, -0.25) is 5.32 Å². The Kier molecular flexibility index (Phi) is 7.27. The van der Waals surface area contributed by atoms with Crippen LogP contribution in [-0.2, 0) is 16.1 Å². The largest absolute Gasteiger partial charge is 0.489 e. The summed E-state index contributed by atoms with van der Waals surface area (Å²) in [5.74, 6) is 0.934. The Bertz CT molecular complexity index is 962. The Morgan fingerprint density at radius 1 is 1.19 bits per heavy atom. The summed E-state index contributed by atoms with van der Waals surface area (Å²) in [4.78, 5) is 24.4. The van der Waals surface area contributed by atoms with Crippen LogP contribution in [0.4, 0.5) is 10.5 Å². The number of fused-ring (bicyclic) bond motifs is 1. The average molecular weight is 438 g/mol. The van der Waals surface area contributed by atoms with Gasteiger partial charge in [0.05, 0.1) is 5.69 Å². The summed E-state index contributed by atoms with van der Waals surface area (Å²) in [5.41, 5.74) is 4.23. The molecule has 2 aromatic rings. The zero-order valence-corrected chi connectivity index (χ0v) is 20.0. The van der Waals surface area contributed by atoms with Crippen LogP contribution in [0.1, 0.15) is 81.5 Å². The van der Waals surface area contributed by atoms with Gasteiger partial charge in [0, 0.05) is 11.5 Å². The van der Waals surface area contributed by atoms with E-state index in [1.54, 1.807) is 0 Å². The second-order valence-corrected chi connectivity index (χ2v) is 9.88. The molecule has 2 aromatic carbocycles. The second-order valence-electron chi connectivity index (χ2n) is 9.88. The van der Waals surface area contributed by atoms with E-state index in [1.165, 1.54) is 0 Å². The van der Waals surface area contributed by atoms with E-state index in [2.05, 4.69) is 12.2 Å². The lowest BCUT2D eigenvalue weighted by Crippen LogP contribution is -2.29. The summed E-state index contributed by atoms with van der Waals surface area (Å²) in [6, 6.07) is 12.1. The topological polar surface area (TPSA) is 64.6 Å². The van der Waals surface area contributed by atoms with Crippen molar-refractivity contribution < 1.29 is 19.1 Å². The van der Waals surface area contributed by atoms with Gasteiger partial charge in [-0.25, -0.2) is 4.79 Å². The second kappa shape index (κ2) is 9.76. The van der Waals surface area contributed by atoms with Crippen LogP contribution in [-0.4, -0.2) is 18.0 Å². The maximum absolute atomic E-state index is 12.7. The van der Waals surface area contributed by atoms with Gasteiger partial charge in [0.25, 0.3) is 0 Å². The number of hydrogen-bond donors (Lipinski definition) is 1. The van der Waals surface area contributed by atoms with Gasteiger partial charge in [-0.2, -0.15) is 0 Å². The zero-order valence-electron chi connectivity index (χ0n) is 20.0. The summed E-state index contributed by atoms with van der Waals surface area (Å²) >= 11 is 0. The Hall–Kier alpha value is -2.82. The number of benzene rings is 2. The molecule has 1 N–H and O–H groups in total. The van der Waals surface area contributed by atoms with E-state index in [-0.39, 0.29) is 17.8 Å². The standard InChI is InChI=1S/C27H35NO4/c1-17-12-13-21(19(3)15-29)24-23(17)22(31-16-20-10-8-7-9-11-20)14-18(2)25(24)28-26(30)32-27(4,5)6/h7-11,14-15,17,19,21H,12-13,16H2,1-6H3,(H,28,30)/t17-,19+,21-/m1/s1. The molecule has 0 bridgehead atoms. The fourth-order valence-electron chi connectivity index (χ4n) is 4.49. The Morgan fingerprint density at radius 2 is 1.88 bits per heavy atom. The molecule has 0 radical (unpaired) electrons. The van der Waals surface area contributed by atoms with Gasteiger partial charge in [0.1, 0.15) is 24.2 Å². The summed E-state index contributed by atoms with van der Waals surface area (Å²) in [6.45, 7) is 12.1. The van der Waals surface area contributed by atoms with E-state index >= 15 is 0 Å². The van der Waals surface area contributed by atoms with Gasteiger partial charge in [0.2, 0.25) is 0 Å². The molecule has 0 saturated heterocycles. The summed E-state index contributed by atoms with van der Waals surface area (Å²) in [7, 11) is 0. The van der Waals surface area contributed by atoms with E-state index in [9.17, 15) is 9.59 Å². The van der Waals surface area contributed by atoms with Crippen molar-refractivity contribution in [2.45, 2.75) is 78.4 Å². The fourth-order valence-corrected chi connectivity index (χ4v) is 4.49. The first-order chi connectivity index (χ1) is 15.1. The number of ether oxygens (including phenoxy) is 2. The Labute approximate surface area is 191 Å². The lowest BCUT2D eigenvalue weighted by molar-refractivity contribution is -0.111. The molecule has 0 unspecified atom stereocenters. The van der Waals surface area contributed by atoms with Crippen LogP contribution in [0.25, 0.3) is 0 Å². The highest BCUT2D eigenvalue weighted by molar-refractivity contribution is 5.88. The minimum atomic E-state index is -0.598. The van der Waals surface area contributed by atoms with Gasteiger partial charge in [-0.1, -0.05) is 44.2 Å². The maximum Gasteiger partial charge on any atom is 0.412 e. The third-order valence-corrected chi connectivity index (χ3v) is 6.05. The summed E-state index contributed by atoms with van der Waals surface area (Å²) in [5, 5.41) is 2.99. The predicted octanol–water partition coefficient (Wildman–Crippen LogP) is 6.74. The van der Waals surface area contributed by atoms with Crippen LogP contribution in [0, 0.1) is 12.8 Å². The lowest BCUT2D eigenvalue weighted by atomic mass is 9.71. The van der Waals surface area contributed by atoms with Crippen molar-refractivity contribution in [1.29, 1.82) is 0 Å². The first-order valence-corrected chi connectivity index (χ1v) is 11.4. The highest BCUT2D eigenvalue weighted by Gasteiger charge is 2.35. The van der Waals surface area contributed by atoms with Crippen LogP contribution in [0.3, 0.4) is 0 Å². The van der Waals surface area contributed by atoms with Crippen molar-refractivity contribution in [2.24, 2.45) is 5.92 Å². The van der Waals surface area contributed by atoms with Crippen molar-refractivity contribution in [2.75, 3.05) is 5.32 Å². The molecule has 0 heterocycles. The molecule has 0 aromatic heterocycles. The molecule has 5 nitrogen and oxygen atoms in total. The van der Waals surface area contributed by atoms with Gasteiger partial charge in [-0.15, -0.1) is 0 Å². The number of rotatable bonds is 6. The normalized spacial score (nSPS) is 18.9. The summed E-state index contributed by atoms with van der Waals surface area (Å²) < 4.78 is 11.8. The smallest absolute Gasteiger partial charge is 0.412 e. The first-order valence-electron chi connectivity index (χ1n) is 11.4. The average Bonchev–Trinajstić information content (AvgIpc) is 2.73. The SMILES string of the molecule is Cc1cc(OCc2ccccc2)c2c(c1NC(=O)OC(C)(C)C)[C@@H]([C@@H](C)C=O)CC[C@H]2C. The molecule has 0 fully saturated rings. The monoisotopic (exact) mass is 437 g/mol. The zero-order chi connectivity index (χ0) is 23.5. The van der Waals surface area contributed by atoms with Crippen LogP contribution in [0.2, 0.25) is 0 Å². The molecule has 5 heteroatoms. The van der Waals surface area contributed by atoms with E-state index < -0.39 is 11.7 Å². The number of aldehydes is 1. The Morgan fingerprint density at radius 3 is 2.50 bits per heavy atom. The van der Waals surface area contributed by atoms with Crippen molar-refractivity contribution >= 4 is 18.1 Å². The van der Waals surface area contributed by atoms with Crippen molar-refractivity contribution in [3.63, 3.8) is 0 Å². The molecule has 172 valence electrons. The minimum Gasteiger partial charge on any atom is -0.489 e. The molecule has 1 aliphatic carbocycles. The predicted molar refractivity (Wildman–Crippen MR) is 127 cm³/mol. The first kappa shape index (κ1) is 23.8. The van der Waals surface area contributed by atoms with E-state index in [4.69, 9.17) is 9.47 Å². The van der Waals surface area contributed by atoms with Crippen LogP contribution >= 0.6 is 0 Å². The van der Waals surface area contributed by atoms with Crippen LogP contribution in [0.15, 0.2) is 36.4 Å². The Balaban J connectivity index is 2.06. The number of hydrogen-bond acceptors (Lipinski definition) is 4. The number of carbonyl (C=O) groups is 2. The molecular weight excluding hydrogens is 402 g/mol. The molecule has 1 amide bonds. The number of nitrogens with one attached hydrogen (secondary N) is 1. The molecule has 32 heavy (non-hydrogen) atoms. The maximum atomic E-state index is 12.7. The van der Waals surface area contributed by atoms with E-state index in [1.807, 2.05) is 71.0 Å². The lowest BCUT2D eigenvalue weighted by Gasteiger charge is -2.36. The molecule has 0 saturated carbocycles. The van der Waals surface area contributed by atoms with Gasteiger partial charge < -0.3 is 14.3 Å². The van der Waals surface area contributed by atoms with E-state index in [0.29, 0.717) is 6.61 Å². The van der Waals surface area contributed by atoms with Gasteiger partial charge in [-0.05, 0) is 75.1 Å². The number of anilines is 1. The molecule has 3 atom stereocenters. The fraction of sp³-hybridized carbons (Fsp3) is 0.481. The number of carbonyl (C=O) groups excluding carboxylic acids is 2. The third kappa shape index (κ3) is 5.50. The van der Waals surface area contributed by atoms with Gasteiger partial charge in [0.15, 0.2) is 0 Å². The van der Waals surface area contributed by atoms with Crippen molar-refractivity contribution in [3.8, 4) is 5.75 Å². The van der Waals surface area contributed by atoms with Crippen LogP contribution in [0.5, 0.6) is 5.75 Å². The van der Waals surface area contributed by atoms with Crippen molar-refractivity contribution in [1.82, 2.24) is 0 Å². The number of aryl methyl sites for hydroxylation is 1. The molecular formula is C27H35NO4. The molecule has 3 rings (SSSR count). The summed E-state index contributed by atoms with van der Waals surface area (Å²) in [6.07, 6.45) is 2.37. The van der Waals surface area contributed by atoms with Gasteiger partial charge >= 0.3 is 6.09 Å². The third-order valence-electron chi connectivity index (χ3n) is 6.05. The van der Waals surface area contributed by atoms with E-state index in [0.717, 1.165) is 52.8 Å². The van der Waals surface area contributed by atoms with Crippen molar-refractivity contribution in [3.05, 3.63) is 58.7 Å². The molecule has 0 spiro atoms. The molecule has 1 aliphatic rings. The highest BCUT2D eigenvalue weighted by atomic mass is 16.6. The van der Waals surface area contributed by atoms with Crippen LogP contribution < -0.4 is 10.1 Å². The number of amides is 1. The highest BCUT2D eigenvalue weighted by Crippen LogP contribution is 2.50. The quantitative estimate of drug-likeness (QED) is 0.509. The molecule has 0 aliphatic heterocycles.